The minimum Gasteiger partial charge on any atom is -0.392 e. The highest BCUT2D eigenvalue weighted by Gasteiger charge is 2.13. The molecular weight excluding hydrogens is 126 g/mol. The molecule has 1 aromatic carbocycles. The number of hydrogen-bond acceptors (Lipinski definition) is 2. The highest BCUT2D eigenvalue weighted by molar-refractivity contribution is 5.64. The van der Waals surface area contributed by atoms with Crippen molar-refractivity contribution >= 4 is 5.69 Å². The van der Waals surface area contributed by atoms with Crippen LogP contribution in [0.1, 0.15) is 11.1 Å². The van der Waals surface area contributed by atoms with Crippen molar-refractivity contribution < 1.29 is 5.11 Å². The molecule has 0 radical (unpaired) electrons. The van der Waals surface area contributed by atoms with Crippen molar-refractivity contribution in [2.24, 2.45) is 0 Å². The molecule has 0 saturated heterocycles. The summed E-state index contributed by atoms with van der Waals surface area (Å²) in [6.45, 7) is 1.08. The van der Waals surface area contributed by atoms with Crippen LogP contribution in [0.25, 0.3) is 0 Å². The standard InChI is InChI=1S/C8H9NO/c10-5-7-3-1-2-6-4-9-8(6)7/h1-3,9-10H,4-5H2. The van der Waals surface area contributed by atoms with Crippen molar-refractivity contribution in [3.8, 4) is 0 Å². The fourth-order valence-electron chi connectivity index (χ4n) is 1.24. The van der Waals surface area contributed by atoms with Gasteiger partial charge in [-0.1, -0.05) is 18.2 Å². The maximum absolute atomic E-state index is 8.84. The molecule has 2 heteroatoms. The lowest BCUT2D eigenvalue weighted by Gasteiger charge is -2.23. The van der Waals surface area contributed by atoms with Gasteiger partial charge in [0, 0.05) is 17.8 Å². The van der Waals surface area contributed by atoms with Crippen molar-refractivity contribution in [3.63, 3.8) is 0 Å². The summed E-state index contributed by atoms with van der Waals surface area (Å²) in [5, 5.41) is 12.0. The molecule has 0 spiro atoms. The molecule has 2 rings (SSSR count). The topological polar surface area (TPSA) is 32.3 Å². The van der Waals surface area contributed by atoms with Gasteiger partial charge in [0.15, 0.2) is 0 Å². The third-order valence-corrected chi connectivity index (χ3v) is 1.86. The van der Waals surface area contributed by atoms with E-state index >= 15 is 0 Å². The maximum Gasteiger partial charge on any atom is 0.0702 e. The number of nitrogens with one attached hydrogen (secondary N) is 1. The summed E-state index contributed by atoms with van der Waals surface area (Å²) in [5.74, 6) is 0. The normalized spacial score (nSPS) is 13.3. The molecule has 0 aromatic heterocycles. The van der Waals surface area contributed by atoms with Crippen molar-refractivity contribution in [2.45, 2.75) is 13.2 Å². The Morgan fingerprint density at radius 3 is 2.90 bits per heavy atom. The van der Waals surface area contributed by atoms with Gasteiger partial charge < -0.3 is 10.4 Å². The predicted octanol–water partition coefficient (Wildman–Crippen LogP) is 1.10. The zero-order valence-electron chi connectivity index (χ0n) is 5.59. The molecule has 0 unspecified atom stereocenters. The fraction of sp³-hybridized carbons (Fsp3) is 0.250. The second kappa shape index (κ2) is 1.99. The zero-order chi connectivity index (χ0) is 6.97. The molecule has 1 aromatic rings. The lowest BCUT2D eigenvalue weighted by Crippen LogP contribution is -2.15. The van der Waals surface area contributed by atoms with E-state index in [9.17, 15) is 0 Å². The first-order chi connectivity index (χ1) is 4.92. The van der Waals surface area contributed by atoms with Crippen LogP contribution in [-0.4, -0.2) is 5.11 Å². The molecule has 0 aliphatic carbocycles. The number of rotatable bonds is 1. The highest BCUT2D eigenvalue weighted by atomic mass is 16.3. The monoisotopic (exact) mass is 135 g/mol. The summed E-state index contributed by atoms with van der Waals surface area (Å²) >= 11 is 0. The minimum absolute atomic E-state index is 0.135. The van der Waals surface area contributed by atoms with E-state index in [1.54, 1.807) is 0 Å². The van der Waals surface area contributed by atoms with Crippen molar-refractivity contribution in [2.75, 3.05) is 5.32 Å². The molecule has 0 bridgehead atoms. The molecule has 0 atom stereocenters. The summed E-state index contributed by atoms with van der Waals surface area (Å²) in [6.07, 6.45) is 0. The largest absolute Gasteiger partial charge is 0.392 e. The molecule has 0 saturated carbocycles. The van der Waals surface area contributed by atoms with E-state index in [1.807, 2.05) is 12.1 Å². The van der Waals surface area contributed by atoms with Crippen molar-refractivity contribution in [1.82, 2.24) is 0 Å². The summed E-state index contributed by atoms with van der Waals surface area (Å²) in [4.78, 5) is 0. The van der Waals surface area contributed by atoms with Gasteiger partial charge in [-0.3, -0.25) is 0 Å². The van der Waals surface area contributed by atoms with E-state index in [0.29, 0.717) is 0 Å². The highest BCUT2D eigenvalue weighted by Crippen LogP contribution is 2.29. The van der Waals surface area contributed by atoms with Gasteiger partial charge in [0.1, 0.15) is 0 Å². The second-order valence-corrected chi connectivity index (χ2v) is 2.46. The second-order valence-electron chi connectivity index (χ2n) is 2.46. The Hall–Kier alpha value is -1.02. The molecule has 1 aliphatic rings. The first kappa shape index (κ1) is 5.74. The quantitative estimate of drug-likeness (QED) is 0.604. The van der Waals surface area contributed by atoms with Crippen LogP contribution in [0.2, 0.25) is 0 Å². The smallest absolute Gasteiger partial charge is 0.0702 e. The van der Waals surface area contributed by atoms with Gasteiger partial charge in [-0.25, -0.2) is 0 Å². The Morgan fingerprint density at radius 2 is 2.40 bits per heavy atom. The Kier molecular flexibility index (Phi) is 1.14. The van der Waals surface area contributed by atoms with Crippen molar-refractivity contribution in [3.05, 3.63) is 29.3 Å². The van der Waals surface area contributed by atoms with E-state index in [4.69, 9.17) is 5.11 Å². The van der Waals surface area contributed by atoms with Crippen LogP contribution >= 0.6 is 0 Å². The molecule has 0 amide bonds. The number of benzene rings is 1. The van der Waals surface area contributed by atoms with E-state index in [-0.39, 0.29) is 6.61 Å². The molecule has 52 valence electrons. The fourth-order valence-corrected chi connectivity index (χ4v) is 1.24. The molecule has 2 nitrogen and oxygen atoms in total. The molecule has 1 aliphatic heterocycles. The lowest BCUT2D eigenvalue weighted by molar-refractivity contribution is 0.282. The summed E-state index contributed by atoms with van der Waals surface area (Å²) in [6, 6.07) is 5.99. The third kappa shape index (κ3) is 0.625. The van der Waals surface area contributed by atoms with Gasteiger partial charge in [-0.2, -0.15) is 0 Å². The van der Waals surface area contributed by atoms with Gasteiger partial charge in [-0.15, -0.1) is 0 Å². The molecule has 2 N–H and O–H groups in total. The number of para-hydroxylation sites is 1. The summed E-state index contributed by atoms with van der Waals surface area (Å²) in [5.41, 5.74) is 3.44. The number of aliphatic hydroxyl groups excluding tert-OH is 1. The molecular formula is C8H9NO. The van der Waals surface area contributed by atoms with Crippen LogP contribution < -0.4 is 5.32 Å². The molecule has 10 heavy (non-hydrogen) atoms. The number of fused-ring (bicyclic) bond motifs is 1. The maximum atomic E-state index is 8.84. The average molecular weight is 135 g/mol. The Labute approximate surface area is 59.5 Å². The van der Waals surface area contributed by atoms with Crippen LogP contribution in [0.4, 0.5) is 5.69 Å². The number of hydrogen-bond donors (Lipinski definition) is 2. The summed E-state index contributed by atoms with van der Waals surface area (Å²) < 4.78 is 0. The third-order valence-electron chi connectivity index (χ3n) is 1.86. The average Bonchev–Trinajstić information content (AvgIpc) is 1.91. The van der Waals surface area contributed by atoms with E-state index in [1.165, 1.54) is 5.56 Å². The summed E-state index contributed by atoms with van der Waals surface area (Å²) in [7, 11) is 0. The van der Waals surface area contributed by atoms with E-state index in [2.05, 4.69) is 11.4 Å². The van der Waals surface area contributed by atoms with Gasteiger partial charge in [0.05, 0.1) is 6.61 Å². The van der Waals surface area contributed by atoms with Gasteiger partial charge in [0.2, 0.25) is 0 Å². The number of anilines is 1. The molecule has 0 fully saturated rings. The molecule has 1 heterocycles. The zero-order valence-corrected chi connectivity index (χ0v) is 5.59. The Balaban J connectivity index is 2.51. The van der Waals surface area contributed by atoms with Crippen LogP contribution in [-0.2, 0) is 13.2 Å². The number of aliphatic hydroxyl groups is 1. The van der Waals surface area contributed by atoms with Crippen LogP contribution in [0.15, 0.2) is 18.2 Å². The van der Waals surface area contributed by atoms with Gasteiger partial charge >= 0.3 is 0 Å². The first-order valence-electron chi connectivity index (χ1n) is 3.37. The Bertz CT molecular complexity index is 257. The van der Waals surface area contributed by atoms with Gasteiger partial charge in [0.25, 0.3) is 0 Å². The SMILES string of the molecule is OCc1cccc2c1NC2. The lowest BCUT2D eigenvalue weighted by atomic mass is 10.0. The van der Waals surface area contributed by atoms with Gasteiger partial charge in [-0.05, 0) is 5.56 Å². The van der Waals surface area contributed by atoms with Crippen LogP contribution in [0.5, 0.6) is 0 Å². The minimum atomic E-state index is 0.135. The Morgan fingerprint density at radius 1 is 1.50 bits per heavy atom. The van der Waals surface area contributed by atoms with Crippen LogP contribution in [0.3, 0.4) is 0 Å². The van der Waals surface area contributed by atoms with Crippen molar-refractivity contribution in [1.29, 1.82) is 0 Å². The van der Waals surface area contributed by atoms with E-state index < -0.39 is 0 Å². The predicted molar refractivity (Wildman–Crippen MR) is 39.7 cm³/mol. The van der Waals surface area contributed by atoms with E-state index in [0.717, 1.165) is 17.8 Å². The van der Waals surface area contributed by atoms with Crippen LogP contribution in [0, 0.1) is 0 Å². The first-order valence-corrected chi connectivity index (χ1v) is 3.37.